The third-order valence-electron chi connectivity index (χ3n) is 2.60. The maximum atomic E-state index is 10.6. The quantitative estimate of drug-likeness (QED) is 0.789. The molecule has 2 rings (SSSR count). The monoisotopic (exact) mass is 196 g/mol. The topological polar surface area (TPSA) is 37.3 Å². The number of fused-ring (bicyclic) bond motifs is 1. The Labute approximate surface area is 81.2 Å². The van der Waals surface area contributed by atoms with Crippen LogP contribution in [0.2, 0.25) is 0 Å². The second-order valence-electron chi connectivity index (χ2n) is 3.49. The Morgan fingerprint density at radius 1 is 1.69 bits per heavy atom. The van der Waals surface area contributed by atoms with Crippen LogP contribution in [-0.4, -0.2) is 11.1 Å². The number of aliphatic carboxylic acids is 1. The molecule has 0 saturated heterocycles. The summed E-state index contributed by atoms with van der Waals surface area (Å²) >= 11 is 1.76. The zero-order valence-corrected chi connectivity index (χ0v) is 8.14. The lowest BCUT2D eigenvalue weighted by molar-refractivity contribution is -0.137. The number of aryl methyl sites for hydroxylation is 1. The Hall–Kier alpha value is -0.830. The Morgan fingerprint density at radius 3 is 3.31 bits per heavy atom. The van der Waals surface area contributed by atoms with E-state index in [1.54, 1.807) is 11.3 Å². The predicted molar refractivity (Wildman–Crippen MR) is 52.3 cm³/mol. The highest BCUT2D eigenvalue weighted by atomic mass is 32.1. The van der Waals surface area contributed by atoms with Gasteiger partial charge in [0.15, 0.2) is 0 Å². The summed E-state index contributed by atoms with van der Waals surface area (Å²) in [6.45, 7) is 0. The fourth-order valence-corrected chi connectivity index (χ4v) is 3.02. The van der Waals surface area contributed by atoms with Gasteiger partial charge in [-0.1, -0.05) is 0 Å². The van der Waals surface area contributed by atoms with Gasteiger partial charge >= 0.3 is 5.97 Å². The van der Waals surface area contributed by atoms with Gasteiger partial charge in [0.05, 0.1) is 6.42 Å². The van der Waals surface area contributed by atoms with Crippen molar-refractivity contribution in [2.24, 2.45) is 0 Å². The van der Waals surface area contributed by atoms with Crippen molar-refractivity contribution in [2.45, 2.75) is 31.6 Å². The normalized spacial score (nSPS) is 21.1. The molecule has 1 atom stereocenters. The molecule has 0 unspecified atom stereocenters. The second-order valence-corrected chi connectivity index (χ2v) is 4.49. The Bertz CT molecular complexity index is 316. The van der Waals surface area contributed by atoms with Crippen molar-refractivity contribution in [3.8, 4) is 0 Å². The van der Waals surface area contributed by atoms with Crippen LogP contribution in [0.3, 0.4) is 0 Å². The molecule has 0 amide bonds. The summed E-state index contributed by atoms with van der Waals surface area (Å²) in [5, 5.41) is 10.8. The molecule has 1 aliphatic carbocycles. The molecule has 2 nitrogen and oxygen atoms in total. The minimum atomic E-state index is -0.677. The molecule has 0 radical (unpaired) electrons. The number of carboxylic acids is 1. The highest BCUT2D eigenvalue weighted by molar-refractivity contribution is 7.10. The molecule has 0 fully saturated rings. The van der Waals surface area contributed by atoms with Crippen molar-refractivity contribution >= 4 is 17.3 Å². The van der Waals surface area contributed by atoms with Gasteiger partial charge in [0.2, 0.25) is 0 Å². The van der Waals surface area contributed by atoms with Gasteiger partial charge in [-0.25, -0.2) is 0 Å². The lowest BCUT2D eigenvalue weighted by Crippen LogP contribution is -2.11. The highest BCUT2D eigenvalue weighted by Crippen LogP contribution is 2.36. The summed E-state index contributed by atoms with van der Waals surface area (Å²) in [4.78, 5) is 12.0. The smallest absolute Gasteiger partial charge is 0.303 e. The lowest BCUT2D eigenvalue weighted by Gasteiger charge is -2.20. The Balaban J connectivity index is 2.20. The third-order valence-corrected chi connectivity index (χ3v) is 3.59. The fourth-order valence-electron chi connectivity index (χ4n) is 2.00. The van der Waals surface area contributed by atoms with Gasteiger partial charge in [-0.15, -0.1) is 11.3 Å². The summed E-state index contributed by atoms with van der Waals surface area (Å²) < 4.78 is 0. The average Bonchev–Trinajstić information content (AvgIpc) is 2.51. The molecule has 0 aromatic carbocycles. The first-order valence-corrected chi connectivity index (χ1v) is 5.43. The van der Waals surface area contributed by atoms with Gasteiger partial charge < -0.3 is 5.11 Å². The van der Waals surface area contributed by atoms with Crippen LogP contribution in [0.4, 0.5) is 0 Å². The van der Waals surface area contributed by atoms with E-state index in [1.165, 1.54) is 10.4 Å². The molecule has 13 heavy (non-hydrogen) atoms. The third kappa shape index (κ3) is 1.75. The molecular formula is C10H12O2S. The van der Waals surface area contributed by atoms with Crippen LogP contribution >= 0.6 is 11.3 Å². The first-order valence-electron chi connectivity index (χ1n) is 4.55. The van der Waals surface area contributed by atoms with Crippen LogP contribution in [0.5, 0.6) is 0 Å². The van der Waals surface area contributed by atoms with E-state index in [1.807, 2.05) is 0 Å². The van der Waals surface area contributed by atoms with Gasteiger partial charge in [0.25, 0.3) is 0 Å². The minimum absolute atomic E-state index is 0.271. The van der Waals surface area contributed by atoms with E-state index >= 15 is 0 Å². The van der Waals surface area contributed by atoms with E-state index < -0.39 is 5.97 Å². The molecule has 1 aliphatic rings. The molecule has 1 aromatic rings. The van der Waals surface area contributed by atoms with Gasteiger partial charge in [-0.2, -0.15) is 0 Å². The molecule has 1 N–H and O–H groups in total. The molecule has 0 saturated carbocycles. The zero-order chi connectivity index (χ0) is 9.26. The fraction of sp³-hybridized carbons (Fsp3) is 0.500. The number of carboxylic acid groups (broad SMARTS) is 1. The van der Waals surface area contributed by atoms with Gasteiger partial charge in [-0.3, -0.25) is 4.79 Å². The van der Waals surface area contributed by atoms with Crippen LogP contribution in [-0.2, 0) is 11.2 Å². The van der Waals surface area contributed by atoms with E-state index in [4.69, 9.17) is 5.11 Å². The molecule has 0 spiro atoms. The standard InChI is InChI=1S/C10H12O2S/c11-10(12)6-7-2-1-3-9-8(7)4-5-13-9/h4-5,7H,1-3,6H2,(H,11,12)/t7-/m0/s1. The van der Waals surface area contributed by atoms with Gasteiger partial charge in [0, 0.05) is 4.88 Å². The predicted octanol–water partition coefficient (Wildman–Crippen LogP) is 2.64. The van der Waals surface area contributed by atoms with E-state index in [2.05, 4.69) is 11.4 Å². The summed E-state index contributed by atoms with van der Waals surface area (Å²) in [5.41, 5.74) is 1.29. The minimum Gasteiger partial charge on any atom is -0.481 e. The van der Waals surface area contributed by atoms with Crippen molar-refractivity contribution in [1.29, 1.82) is 0 Å². The van der Waals surface area contributed by atoms with Crippen LogP contribution < -0.4 is 0 Å². The summed E-state index contributed by atoms with van der Waals surface area (Å²) in [6.07, 6.45) is 3.62. The molecular weight excluding hydrogens is 184 g/mol. The largest absolute Gasteiger partial charge is 0.481 e. The SMILES string of the molecule is O=C(O)C[C@@H]1CCCc2sccc21. The zero-order valence-electron chi connectivity index (χ0n) is 7.32. The van der Waals surface area contributed by atoms with Crippen LogP contribution in [0.25, 0.3) is 0 Å². The Morgan fingerprint density at radius 2 is 2.54 bits per heavy atom. The average molecular weight is 196 g/mol. The summed E-state index contributed by atoms with van der Waals surface area (Å²) in [7, 11) is 0. The van der Waals surface area contributed by atoms with E-state index in [0.717, 1.165) is 19.3 Å². The van der Waals surface area contributed by atoms with Gasteiger partial charge in [0.1, 0.15) is 0 Å². The maximum absolute atomic E-state index is 10.6. The summed E-state index contributed by atoms with van der Waals surface area (Å²) in [5.74, 6) is -0.406. The highest BCUT2D eigenvalue weighted by Gasteiger charge is 2.22. The van der Waals surface area contributed by atoms with Crippen LogP contribution in [0.1, 0.15) is 35.6 Å². The second kappa shape index (κ2) is 3.50. The molecule has 70 valence electrons. The van der Waals surface area contributed by atoms with Crippen molar-refractivity contribution in [1.82, 2.24) is 0 Å². The first-order chi connectivity index (χ1) is 6.27. The Kier molecular flexibility index (Phi) is 2.36. The van der Waals surface area contributed by atoms with Crippen molar-refractivity contribution in [3.05, 3.63) is 21.9 Å². The van der Waals surface area contributed by atoms with Crippen LogP contribution in [0, 0.1) is 0 Å². The van der Waals surface area contributed by atoms with E-state index in [-0.39, 0.29) is 5.92 Å². The maximum Gasteiger partial charge on any atom is 0.303 e. The molecule has 3 heteroatoms. The van der Waals surface area contributed by atoms with Crippen molar-refractivity contribution in [2.75, 3.05) is 0 Å². The van der Waals surface area contributed by atoms with Crippen molar-refractivity contribution in [3.63, 3.8) is 0 Å². The first kappa shape index (κ1) is 8.75. The van der Waals surface area contributed by atoms with E-state index in [0.29, 0.717) is 6.42 Å². The molecule has 1 aromatic heterocycles. The number of hydrogen-bond donors (Lipinski definition) is 1. The summed E-state index contributed by atoms with van der Waals surface area (Å²) in [6, 6.07) is 2.09. The van der Waals surface area contributed by atoms with Crippen LogP contribution in [0.15, 0.2) is 11.4 Å². The number of carbonyl (C=O) groups is 1. The number of thiophene rings is 1. The van der Waals surface area contributed by atoms with E-state index in [9.17, 15) is 4.79 Å². The molecule has 1 heterocycles. The molecule has 0 bridgehead atoms. The van der Waals surface area contributed by atoms with Crippen molar-refractivity contribution < 1.29 is 9.90 Å². The number of hydrogen-bond acceptors (Lipinski definition) is 2. The number of rotatable bonds is 2. The molecule has 0 aliphatic heterocycles. The lowest BCUT2D eigenvalue weighted by atomic mass is 9.86. The van der Waals surface area contributed by atoms with Gasteiger partial charge in [-0.05, 0) is 42.2 Å².